The van der Waals surface area contributed by atoms with Gasteiger partial charge in [0.1, 0.15) is 0 Å². The fourth-order valence-electron chi connectivity index (χ4n) is 2.03. The van der Waals surface area contributed by atoms with Gasteiger partial charge in [0.2, 0.25) is 0 Å². The average Bonchev–Trinajstić information content (AvgIpc) is 2.27. The molecule has 0 radical (unpaired) electrons. The van der Waals surface area contributed by atoms with Crippen molar-refractivity contribution in [1.82, 2.24) is 8.61 Å². The lowest BCUT2D eigenvalue weighted by Crippen LogP contribution is -2.53. The van der Waals surface area contributed by atoms with Gasteiger partial charge < -0.3 is 5.11 Å². The maximum atomic E-state index is 12.4. The summed E-state index contributed by atoms with van der Waals surface area (Å²) in [6, 6.07) is -0.292. The largest absolute Gasteiger partial charge is 0.481 e. The second-order valence-electron chi connectivity index (χ2n) is 5.15. The molecule has 0 aliphatic carbocycles. The van der Waals surface area contributed by atoms with Crippen LogP contribution in [0.25, 0.3) is 0 Å². The lowest BCUT2D eigenvalue weighted by atomic mass is 9.96. The maximum absolute atomic E-state index is 12.4. The molecule has 0 saturated carbocycles. The molecule has 2 atom stereocenters. The van der Waals surface area contributed by atoms with E-state index in [1.54, 1.807) is 13.8 Å². The van der Waals surface area contributed by atoms with Gasteiger partial charge in [0.15, 0.2) is 0 Å². The van der Waals surface area contributed by atoms with E-state index in [0.717, 1.165) is 0 Å². The second-order valence-corrected chi connectivity index (χ2v) is 7.09. The van der Waals surface area contributed by atoms with Gasteiger partial charge in [-0.3, -0.25) is 4.79 Å². The van der Waals surface area contributed by atoms with Crippen LogP contribution < -0.4 is 0 Å². The van der Waals surface area contributed by atoms with Gasteiger partial charge in [-0.15, -0.1) is 0 Å². The molecule has 1 aliphatic heterocycles. The summed E-state index contributed by atoms with van der Waals surface area (Å²) in [6.07, 6.45) is 1.12. The minimum absolute atomic E-state index is 0.0654. The van der Waals surface area contributed by atoms with Crippen LogP contribution in [0.1, 0.15) is 33.6 Å². The third-order valence-corrected chi connectivity index (χ3v) is 5.81. The first-order valence-electron chi connectivity index (χ1n) is 6.15. The Balaban J connectivity index is 2.95. The topological polar surface area (TPSA) is 77.9 Å². The van der Waals surface area contributed by atoms with Gasteiger partial charge in [-0.2, -0.15) is 17.0 Å². The van der Waals surface area contributed by atoms with Crippen LogP contribution in [-0.4, -0.2) is 53.8 Å². The third kappa shape index (κ3) is 3.02. The molecule has 0 amide bonds. The molecule has 1 aliphatic rings. The van der Waals surface area contributed by atoms with Crippen LogP contribution in [0.4, 0.5) is 0 Å². The fourth-order valence-corrected chi connectivity index (χ4v) is 3.82. The van der Waals surface area contributed by atoms with Crippen LogP contribution in [0.5, 0.6) is 0 Å². The highest BCUT2D eigenvalue weighted by atomic mass is 32.2. The average molecular weight is 278 g/mol. The van der Waals surface area contributed by atoms with Crippen LogP contribution in [0.3, 0.4) is 0 Å². The van der Waals surface area contributed by atoms with Crippen molar-refractivity contribution in [3.63, 3.8) is 0 Å². The van der Waals surface area contributed by atoms with Gasteiger partial charge >= 0.3 is 5.97 Å². The summed E-state index contributed by atoms with van der Waals surface area (Å²) < 4.78 is 27.3. The van der Waals surface area contributed by atoms with E-state index < -0.39 is 22.1 Å². The van der Waals surface area contributed by atoms with E-state index in [0.29, 0.717) is 12.8 Å². The molecule has 1 N–H and O–H groups in total. The molecule has 0 bridgehead atoms. The van der Waals surface area contributed by atoms with Crippen LogP contribution >= 0.6 is 0 Å². The summed E-state index contributed by atoms with van der Waals surface area (Å²) in [6.45, 7) is 5.47. The van der Waals surface area contributed by atoms with Crippen molar-refractivity contribution in [2.24, 2.45) is 5.92 Å². The lowest BCUT2D eigenvalue weighted by Gasteiger charge is -2.38. The molecule has 1 saturated heterocycles. The van der Waals surface area contributed by atoms with Crippen molar-refractivity contribution in [2.45, 2.75) is 45.7 Å². The fraction of sp³-hybridized carbons (Fsp3) is 0.909. The standard InChI is InChI=1S/C11H22N2O4S/c1-8(2)12(4)18(16,17)13-7-10(11(14)15)6-5-9(13)3/h8-10H,5-7H2,1-4H3,(H,14,15). The van der Waals surface area contributed by atoms with Crippen LogP contribution in [0.2, 0.25) is 0 Å². The number of carboxylic acid groups (broad SMARTS) is 1. The molecule has 1 fully saturated rings. The molecular formula is C11H22N2O4S. The van der Waals surface area contributed by atoms with E-state index in [-0.39, 0.29) is 18.6 Å². The normalized spacial score (nSPS) is 26.8. The highest BCUT2D eigenvalue weighted by Gasteiger charge is 2.39. The molecule has 7 heteroatoms. The number of hydrogen-bond donors (Lipinski definition) is 1. The number of aliphatic carboxylic acids is 1. The molecule has 6 nitrogen and oxygen atoms in total. The zero-order chi connectivity index (χ0) is 14.1. The summed E-state index contributed by atoms with van der Waals surface area (Å²) >= 11 is 0. The number of hydrogen-bond acceptors (Lipinski definition) is 3. The first-order chi connectivity index (χ1) is 8.17. The van der Waals surface area contributed by atoms with Crippen LogP contribution in [0, 0.1) is 5.92 Å². The Labute approximate surface area is 109 Å². The van der Waals surface area contributed by atoms with Gasteiger partial charge in [0.05, 0.1) is 5.92 Å². The summed E-state index contributed by atoms with van der Waals surface area (Å²) in [7, 11) is -2.05. The number of carbonyl (C=O) groups is 1. The van der Waals surface area contributed by atoms with Crippen molar-refractivity contribution in [2.75, 3.05) is 13.6 Å². The Morgan fingerprint density at radius 3 is 2.39 bits per heavy atom. The van der Waals surface area contributed by atoms with E-state index in [9.17, 15) is 13.2 Å². The number of rotatable bonds is 4. The molecule has 1 rings (SSSR count). The summed E-state index contributed by atoms with van der Waals surface area (Å²) in [4.78, 5) is 11.0. The van der Waals surface area contributed by atoms with Crippen LogP contribution in [0.15, 0.2) is 0 Å². The van der Waals surface area contributed by atoms with Crippen molar-refractivity contribution < 1.29 is 18.3 Å². The lowest BCUT2D eigenvalue weighted by molar-refractivity contribution is -0.143. The minimum Gasteiger partial charge on any atom is -0.481 e. The molecule has 18 heavy (non-hydrogen) atoms. The van der Waals surface area contributed by atoms with Gasteiger partial charge in [0, 0.05) is 25.7 Å². The van der Waals surface area contributed by atoms with Crippen molar-refractivity contribution in [3.8, 4) is 0 Å². The Morgan fingerprint density at radius 2 is 1.94 bits per heavy atom. The predicted molar refractivity (Wildman–Crippen MR) is 68.3 cm³/mol. The van der Waals surface area contributed by atoms with Gasteiger partial charge in [0.25, 0.3) is 10.2 Å². The molecule has 0 spiro atoms. The number of nitrogens with zero attached hydrogens (tertiary/aromatic N) is 2. The zero-order valence-corrected chi connectivity index (χ0v) is 12.1. The third-order valence-electron chi connectivity index (χ3n) is 3.56. The minimum atomic E-state index is -3.57. The smallest absolute Gasteiger partial charge is 0.307 e. The molecule has 2 unspecified atom stereocenters. The quantitative estimate of drug-likeness (QED) is 0.823. The summed E-state index contributed by atoms with van der Waals surface area (Å²) in [5.74, 6) is -1.52. The van der Waals surface area contributed by atoms with E-state index >= 15 is 0 Å². The van der Waals surface area contributed by atoms with E-state index in [2.05, 4.69) is 0 Å². The maximum Gasteiger partial charge on any atom is 0.307 e. The highest BCUT2D eigenvalue weighted by molar-refractivity contribution is 7.86. The first-order valence-corrected chi connectivity index (χ1v) is 7.55. The molecule has 106 valence electrons. The second kappa shape index (κ2) is 5.54. The van der Waals surface area contributed by atoms with Gasteiger partial charge in [-0.05, 0) is 33.6 Å². The van der Waals surface area contributed by atoms with E-state index in [1.165, 1.54) is 15.7 Å². The highest BCUT2D eigenvalue weighted by Crippen LogP contribution is 2.26. The van der Waals surface area contributed by atoms with Crippen molar-refractivity contribution in [3.05, 3.63) is 0 Å². The van der Waals surface area contributed by atoms with Crippen molar-refractivity contribution in [1.29, 1.82) is 0 Å². The SMILES string of the molecule is CC(C)N(C)S(=O)(=O)N1CC(C(=O)O)CCC1C. The molecule has 1 heterocycles. The Bertz CT molecular complexity index is 407. The first kappa shape index (κ1) is 15.4. The van der Waals surface area contributed by atoms with E-state index in [4.69, 9.17) is 5.11 Å². The molecule has 0 aromatic heterocycles. The summed E-state index contributed by atoms with van der Waals surface area (Å²) in [5.41, 5.74) is 0. The molecular weight excluding hydrogens is 256 g/mol. The monoisotopic (exact) mass is 278 g/mol. The number of carboxylic acids is 1. The Morgan fingerprint density at radius 1 is 1.39 bits per heavy atom. The van der Waals surface area contributed by atoms with Gasteiger partial charge in [-0.1, -0.05) is 0 Å². The molecule has 0 aromatic carbocycles. The van der Waals surface area contributed by atoms with E-state index in [1.807, 2.05) is 6.92 Å². The van der Waals surface area contributed by atoms with Crippen molar-refractivity contribution >= 4 is 16.2 Å². The number of piperidine rings is 1. The predicted octanol–water partition coefficient (Wildman–Crippen LogP) is 0.756. The summed E-state index contributed by atoms with van der Waals surface area (Å²) in [5, 5.41) is 9.02. The molecule has 0 aromatic rings. The van der Waals surface area contributed by atoms with Gasteiger partial charge in [-0.25, -0.2) is 0 Å². The zero-order valence-electron chi connectivity index (χ0n) is 11.3. The Kier molecular flexibility index (Phi) is 4.74. The van der Waals surface area contributed by atoms with Crippen LogP contribution in [-0.2, 0) is 15.0 Å². The Hall–Kier alpha value is -0.660.